The molecule has 3 N–H and O–H groups in total. The highest BCUT2D eigenvalue weighted by Gasteiger charge is 2.32. The molecule has 0 saturated heterocycles. The minimum absolute atomic E-state index is 0.0943. The Morgan fingerprint density at radius 1 is 0.935 bits per heavy atom. The lowest BCUT2D eigenvalue weighted by Gasteiger charge is -2.09. The van der Waals surface area contributed by atoms with Crippen LogP contribution in [0, 0.1) is 12.8 Å². The smallest absolute Gasteiger partial charge is 0.323 e. The van der Waals surface area contributed by atoms with Crippen LogP contribution in [-0.2, 0) is 11.2 Å². The lowest BCUT2D eigenvalue weighted by molar-refractivity contribution is -0.137. The van der Waals surface area contributed by atoms with E-state index in [1.54, 1.807) is 6.07 Å². The number of amides is 2. The molecular formula is C25H22N2O4. The van der Waals surface area contributed by atoms with Gasteiger partial charge in [0.2, 0.25) is 0 Å². The van der Waals surface area contributed by atoms with Gasteiger partial charge in [0, 0.05) is 22.9 Å². The molecule has 0 saturated carbocycles. The third kappa shape index (κ3) is 4.64. The number of anilines is 2. The Morgan fingerprint density at radius 3 is 2.35 bits per heavy atom. The third-order valence-corrected chi connectivity index (χ3v) is 5.38. The zero-order chi connectivity index (χ0) is 22.0. The highest BCUT2D eigenvalue weighted by molar-refractivity contribution is 6.04. The first-order valence-electron chi connectivity index (χ1n) is 10.0. The predicted octanol–water partition coefficient (Wildman–Crippen LogP) is 5.14. The molecule has 3 aromatic carbocycles. The van der Waals surface area contributed by atoms with Gasteiger partial charge in [0.25, 0.3) is 0 Å². The van der Waals surface area contributed by atoms with E-state index in [4.69, 9.17) is 5.11 Å². The molecule has 1 aliphatic rings. The molecule has 6 nitrogen and oxygen atoms in total. The fraction of sp³-hybridized carbons (Fsp3) is 0.160. The molecule has 1 aliphatic carbocycles. The highest BCUT2D eigenvalue weighted by Crippen LogP contribution is 2.32. The molecule has 4 rings (SSSR count). The number of aliphatic carboxylic acids is 1. The van der Waals surface area contributed by atoms with E-state index in [1.165, 1.54) is 0 Å². The SMILES string of the molecule is Cc1cccc(NC(=O)Nc2ccc(-c3ccc4c(c3)CC(CC(=O)O)C4=O)cc2)c1. The summed E-state index contributed by atoms with van der Waals surface area (Å²) >= 11 is 0. The Kier molecular flexibility index (Phi) is 5.54. The average Bonchev–Trinajstić information content (AvgIpc) is 3.02. The summed E-state index contributed by atoms with van der Waals surface area (Å²) in [5.41, 5.74) is 5.83. The summed E-state index contributed by atoms with van der Waals surface area (Å²) in [6.45, 7) is 1.96. The van der Waals surface area contributed by atoms with Crippen molar-refractivity contribution in [3.8, 4) is 11.1 Å². The van der Waals surface area contributed by atoms with Crippen LogP contribution in [0.3, 0.4) is 0 Å². The summed E-state index contributed by atoms with van der Waals surface area (Å²) in [4.78, 5) is 35.6. The summed E-state index contributed by atoms with van der Waals surface area (Å²) in [6, 6.07) is 20.3. The number of nitrogens with one attached hydrogen (secondary N) is 2. The first kappa shape index (κ1) is 20.3. The number of fused-ring (bicyclic) bond motifs is 1. The van der Waals surface area contributed by atoms with Crippen molar-refractivity contribution in [3.63, 3.8) is 0 Å². The van der Waals surface area contributed by atoms with E-state index >= 15 is 0 Å². The van der Waals surface area contributed by atoms with Crippen molar-refractivity contribution in [3.05, 3.63) is 83.4 Å². The van der Waals surface area contributed by atoms with Gasteiger partial charge in [-0.3, -0.25) is 9.59 Å². The van der Waals surface area contributed by atoms with Crippen molar-refractivity contribution < 1.29 is 19.5 Å². The van der Waals surface area contributed by atoms with E-state index in [2.05, 4.69) is 10.6 Å². The zero-order valence-corrected chi connectivity index (χ0v) is 17.0. The van der Waals surface area contributed by atoms with Crippen molar-refractivity contribution >= 4 is 29.2 Å². The molecule has 0 spiro atoms. The summed E-state index contributed by atoms with van der Waals surface area (Å²) in [6.07, 6.45) is 0.306. The second-order valence-corrected chi connectivity index (χ2v) is 7.76. The van der Waals surface area contributed by atoms with Gasteiger partial charge >= 0.3 is 12.0 Å². The van der Waals surface area contributed by atoms with Crippen LogP contribution in [0.2, 0.25) is 0 Å². The minimum Gasteiger partial charge on any atom is -0.481 e. The van der Waals surface area contributed by atoms with Gasteiger partial charge in [0.15, 0.2) is 5.78 Å². The lowest BCUT2D eigenvalue weighted by atomic mass is 10.0. The number of benzene rings is 3. The fourth-order valence-electron chi connectivity index (χ4n) is 3.90. The lowest BCUT2D eigenvalue weighted by Crippen LogP contribution is -2.19. The number of ketones is 1. The fourth-order valence-corrected chi connectivity index (χ4v) is 3.90. The summed E-state index contributed by atoms with van der Waals surface area (Å²) in [5.74, 6) is -1.54. The molecule has 0 heterocycles. The second kappa shape index (κ2) is 8.44. The maximum atomic E-state index is 12.4. The Hall–Kier alpha value is -3.93. The maximum Gasteiger partial charge on any atom is 0.323 e. The predicted molar refractivity (Wildman–Crippen MR) is 119 cm³/mol. The molecule has 1 atom stereocenters. The first-order valence-corrected chi connectivity index (χ1v) is 10.0. The molecule has 0 aromatic heterocycles. The van der Waals surface area contributed by atoms with Crippen LogP contribution in [-0.4, -0.2) is 22.9 Å². The Labute approximate surface area is 179 Å². The molecule has 156 valence electrons. The zero-order valence-electron chi connectivity index (χ0n) is 17.0. The van der Waals surface area contributed by atoms with Crippen molar-refractivity contribution in [2.75, 3.05) is 10.6 Å². The molecule has 2 amide bonds. The van der Waals surface area contributed by atoms with Crippen molar-refractivity contribution in [2.24, 2.45) is 5.92 Å². The number of carboxylic acids is 1. The molecule has 3 aromatic rings. The number of urea groups is 1. The largest absolute Gasteiger partial charge is 0.481 e. The highest BCUT2D eigenvalue weighted by atomic mass is 16.4. The number of carbonyl (C=O) groups excluding carboxylic acids is 2. The number of hydrogen-bond donors (Lipinski definition) is 3. The van der Waals surface area contributed by atoms with Crippen LogP contribution in [0.25, 0.3) is 11.1 Å². The Balaban J connectivity index is 1.44. The molecule has 6 heteroatoms. The van der Waals surface area contributed by atoms with Gasteiger partial charge in [-0.2, -0.15) is 0 Å². The van der Waals surface area contributed by atoms with E-state index in [0.29, 0.717) is 17.7 Å². The maximum absolute atomic E-state index is 12.4. The van der Waals surface area contributed by atoms with Crippen LogP contribution >= 0.6 is 0 Å². The van der Waals surface area contributed by atoms with E-state index in [9.17, 15) is 14.4 Å². The number of rotatable bonds is 5. The Bertz CT molecular complexity index is 1170. The van der Waals surface area contributed by atoms with Gasteiger partial charge in [0.05, 0.1) is 6.42 Å². The second-order valence-electron chi connectivity index (χ2n) is 7.76. The van der Waals surface area contributed by atoms with E-state index in [-0.39, 0.29) is 18.2 Å². The van der Waals surface area contributed by atoms with Crippen molar-refractivity contribution in [1.82, 2.24) is 0 Å². The summed E-state index contributed by atoms with van der Waals surface area (Å²) in [5, 5.41) is 14.6. The molecule has 0 aliphatic heterocycles. The molecule has 0 fully saturated rings. The molecule has 31 heavy (non-hydrogen) atoms. The quantitative estimate of drug-likeness (QED) is 0.539. The molecule has 0 bridgehead atoms. The summed E-state index contributed by atoms with van der Waals surface area (Å²) < 4.78 is 0. The van der Waals surface area contributed by atoms with Crippen LogP contribution in [0.15, 0.2) is 66.7 Å². The number of carbonyl (C=O) groups is 3. The number of aryl methyl sites for hydroxylation is 1. The number of hydrogen-bond acceptors (Lipinski definition) is 3. The van der Waals surface area contributed by atoms with Crippen molar-refractivity contribution in [1.29, 1.82) is 0 Å². The van der Waals surface area contributed by atoms with E-state index in [1.807, 2.05) is 67.6 Å². The van der Waals surface area contributed by atoms with Crippen LogP contribution in [0.1, 0.15) is 27.9 Å². The summed E-state index contributed by atoms with van der Waals surface area (Å²) in [7, 11) is 0. The van der Waals surface area contributed by atoms with Gasteiger partial charge in [-0.25, -0.2) is 4.79 Å². The normalized spacial score (nSPS) is 14.7. The third-order valence-electron chi connectivity index (χ3n) is 5.38. The van der Waals surface area contributed by atoms with Gasteiger partial charge in [0.1, 0.15) is 0 Å². The topological polar surface area (TPSA) is 95.5 Å². The van der Waals surface area contributed by atoms with Gasteiger partial charge < -0.3 is 15.7 Å². The minimum atomic E-state index is -0.957. The van der Waals surface area contributed by atoms with E-state index in [0.717, 1.165) is 27.9 Å². The van der Waals surface area contributed by atoms with Gasteiger partial charge in [-0.05, 0) is 59.9 Å². The molecule has 1 unspecified atom stereocenters. The van der Waals surface area contributed by atoms with Crippen LogP contribution in [0.5, 0.6) is 0 Å². The van der Waals surface area contributed by atoms with Gasteiger partial charge in [-0.15, -0.1) is 0 Å². The monoisotopic (exact) mass is 414 g/mol. The van der Waals surface area contributed by atoms with E-state index < -0.39 is 11.9 Å². The van der Waals surface area contributed by atoms with Crippen molar-refractivity contribution in [2.45, 2.75) is 19.8 Å². The Morgan fingerprint density at radius 2 is 1.65 bits per heavy atom. The number of carboxylic acid groups (broad SMARTS) is 1. The average molecular weight is 414 g/mol. The van der Waals surface area contributed by atoms with Crippen LogP contribution < -0.4 is 10.6 Å². The molecule has 0 radical (unpaired) electrons. The first-order chi connectivity index (χ1) is 14.9. The van der Waals surface area contributed by atoms with Gasteiger partial charge in [-0.1, -0.05) is 42.5 Å². The number of Topliss-reactive ketones (excluding diaryl/α,β-unsaturated/α-hetero) is 1. The molecular weight excluding hydrogens is 392 g/mol. The standard InChI is InChI=1S/C25H22N2O4/c1-15-3-2-4-21(11-15)27-25(31)26-20-8-5-16(6-9-20)17-7-10-22-18(12-17)13-19(24(22)30)14-23(28)29/h2-12,19H,13-14H2,1H3,(H,28,29)(H2,26,27,31). The van der Waals surface area contributed by atoms with Crippen LogP contribution in [0.4, 0.5) is 16.2 Å².